The fourth-order valence-electron chi connectivity index (χ4n) is 2.40. The topological polar surface area (TPSA) is 77.6 Å². The number of pyridine rings is 1. The monoisotopic (exact) mass is 350 g/mol. The fourth-order valence-corrected chi connectivity index (χ4v) is 2.98. The van der Waals surface area contributed by atoms with Gasteiger partial charge >= 0.3 is 0 Å². The number of aryl methyl sites for hydroxylation is 1. The van der Waals surface area contributed by atoms with Crippen LogP contribution >= 0.6 is 15.9 Å². The van der Waals surface area contributed by atoms with Gasteiger partial charge in [-0.3, -0.25) is 0 Å². The van der Waals surface area contributed by atoms with Gasteiger partial charge < -0.3 is 20.3 Å². The lowest BCUT2D eigenvalue weighted by atomic mass is 9.98. The summed E-state index contributed by atoms with van der Waals surface area (Å²) in [5, 5.41) is 10.6. The maximum Gasteiger partial charge on any atom is 0.175 e. The number of hydrogen-bond acceptors (Lipinski definition) is 5. The smallest absolute Gasteiger partial charge is 0.175 e. The van der Waals surface area contributed by atoms with Crippen molar-refractivity contribution in [3.05, 3.63) is 45.6 Å². The summed E-state index contributed by atoms with van der Waals surface area (Å²) < 4.78 is 11.9. The molecule has 1 aliphatic heterocycles. The Hall–Kier alpha value is -1.79. The molecule has 0 aliphatic carbocycles. The van der Waals surface area contributed by atoms with E-state index in [9.17, 15) is 5.11 Å². The van der Waals surface area contributed by atoms with Gasteiger partial charge in [-0.1, -0.05) is 0 Å². The van der Waals surface area contributed by atoms with E-state index in [-0.39, 0.29) is 0 Å². The molecule has 0 spiro atoms. The molecule has 1 aromatic carbocycles. The number of benzene rings is 1. The van der Waals surface area contributed by atoms with Crippen LogP contribution in [0.25, 0.3) is 0 Å². The molecule has 1 aromatic heterocycles. The summed E-state index contributed by atoms with van der Waals surface area (Å²) in [6, 6.07) is 5.40. The zero-order valence-corrected chi connectivity index (χ0v) is 13.1. The molecule has 0 saturated carbocycles. The number of ether oxygens (including phenoxy) is 2. The van der Waals surface area contributed by atoms with E-state index >= 15 is 0 Å². The molecule has 0 bridgehead atoms. The number of rotatable bonds is 2. The zero-order chi connectivity index (χ0) is 15.0. The maximum atomic E-state index is 10.6. The summed E-state index contributed by atoms with van der Waals surface area (Å²) in [6.45, 7) is 2.90. The van der Waals surface area contributed by atoms with Crippen molar-refractivity contribution in [2.75, 3.05) is 18.9 Å². The molecule has 0 fully saturated rings. The number of fused-ring (bicyclic) bond motifs is 1. The number of nitrogens with two attached hydrogens (primary N) is 1. The summed E-state index contributed by atoms with van der Waals surface area (Å²) in [5.41, 5.74) is 8.07. The highest BCUT2D eigenvalue weighted by molar-refractivity contribution is 9.10. The number of aliphatic hydroxyl groups excluding tert-OH is 1. The number of nitrogen functional groups attached to an aromatic ring is 1. The molecule has 2 heterocycles. The van der Waals surface area contributed by atoms with Gasteiger partial charge in [0.2, 0.25) is 0 Å². The molecule has 5 nitrogen and oxygen atoms in total. The Kier molecular flexibility index (Phi) is 3.73. The van der Waals surface area contributed by atoms with E-state index < -0.39 is 6.10 Å². The molecule has 21 heavy (non-hydrogen) atoms. The minimum atomic E-state index is -0.870. The highest BCUT2D eigenvalue weighted by atomic mass is 79.9. The van der Waals surface area contributed by atoms with Crippen LogP contribution in [-0.4, -0.2) is 23.3 Å². The van der Waals surface area contributed by atoms with Crippen LogP contribution in [0.2, 0.25) is 0 Å². The molecular weight excluding hydrogens is 336 g/mol. The Morgan fingerprint density at radius 1 is 1.33 bits per heavy atom. The minimum absolute atomic E-state index is 0.327. The Morgan fingerprint density at radius 2 is 2.10 bits per heavy atom. The lowest BCUT2D eigenvalue weighted by molar-refractivity contribution is 0.168. The van der Waals surface area contributed by atoms with Gasteiger partial charge in [0.25, 0.3) is 0 Å². The molecular formula is C15H15BrN2O3. The summed E-state index contributed by atoms with van der Waals surface area (Å²) in [7, 11) is 0. The van der Waals surface area contributed by atoms with Crippen LogP contribution in [0.5, 0.6) is 11.5 Å². The lowest BCUT2D eigenvalue weighted by Gasteiger charge is -2.22. The van der Waals surface area contributed by atoms with E-state index in [1.807, 2.05) is 19.1 Å². The largest absolute Gasteiger partial charge is 0.486 e. The van der Waals surface area contributed by atoms with Crippen LogP contribution in [0.4, 0.5) is 5.82 Å². The van der Waals surface area contributed by atoms with Crippen molar-refractivity contribution in [2.24, 2.45) is 0 Å². The van der Waals surface area contributed by atoms with Crippen molar-refractivity contribution < 1.29 is 14.6 Å². The van der Waals surface area contributed by atoms with E-state index in [4.69, 9.17) is 15.2 Å². The first-order valence-corrected chi connectivity index (χ1v) is 7.35. The van der Waals surface area contributed by atoms with E-state index in [1.54, 1.807) is 12.3 Å². The van der Waals surface area contributed by atoms with Gasteiger partial charge in [-0.2, -0.15) is 0 Å². The van der Waals surface area contributed by atoms with Crippen molar-refractivity contribution in [1.29, 1.82) is 0 Å². The second-order valence-electron chi connectivity index (χ2n) is 4.86. The van der Waals surface area contributed by atoms with E-state index in [1.165, 1.54) is 0 Å². The average Bonchev–Trinajstić information content (AvgIpc) is 2.47. The third-order valence-corrected chi connectivity index (χ3v) is 4.04. The summed E-state index contributed by atoms with van der Waals surface area (Å²) in [4.78, 5) is 4.05. The Morgan fingerprint density at radius 3 is 2.86 bits per heavy atom. The molecule has 2 aromatic rings. The average molecular weight is 351 g/mol. The first kappa shape index (κ1) is 14.2. The summed E-state index contributed by atoms with van der Waals surface area (Å²) in [6.07, 6.45) is 0.756. The normalized spacial score (nSPS) is 14.8. The van der Waals surface area contributed by atoms with Crippen molar-refractivity contribution in [3.8, 4) is 11.5 Å². The molecule has 3 rings (SSSR count). The van der Waals surface area contributed by atoms with E-state index in [2.05, 4.69) is 20.9 Å². The van der Waals surface area contributed by atoms with Crippen LogP contribution < -0.4 is 15.2 Å². The van der Waals surface area contributed by atoms with Gasteiger partial charge in [0, 0.05) is 11.8 Å². The molecule has 6 heteroatoms. The van der Waals surface area contributed by atoms with Gasteiger partial charge in [0.1, 0.15) is 25.1 Å². The van der Waals surface area contributed by atoms with Crippen molar-refractivity contribution in [3.63, 3.8) is 0 Å². The molecule has 110 valence electrons. The van der Waals surface area contributed by atoms with Gasteiger partial charge in [0.05, 0.1) is 4.47 Å². The molecule has 1 atom stereocenters. The Balaban J connectivity index is 2.06. The Labute approximate surface area is 130 Å². The SMILES string of the molecule is Cc1ccnc(N)c1C(O)c1cc(Br)c2c(c1)OCCO2. The zero-order valence-electron chi connectivity index (χ0n) is 11.5. The van der Waals surface area contributed by atoms with E-state index in [0.717, 1.165) is 10.0 Å². The maximum absolute atomic E-state index is 10.6. The van der Waals surface area contributed by atoms with Gasteiger partial charge in [0.15, 0.2) is 11.5 Å². The third-order valence-electron chi connectivity index (χ3n) is 3.45. The van der Waals surface area contributed by atoms with Crippen LogP contribution in [0, 0.1) is 6.92 Å². The second-order valence-corrected chi connectivity index (χ2v) is 5.71. The molecule has 1 aliphatic rings. The third kappa shape index (κ3) is 2.56. The number of halogens is 1. The molecule has 0 saturated heterocycles. The van der Waals surface area contributed by atoms with Crippen LogP contribution in [0.3, 0.4) is 0 Å². The van der Waals surface area contributed by atoms with Crippen LogP contribution in [0.1, 0.15) is 22.8 Å². The fraction of sp³-hybridized carbons (Fsp3) is 0.267. The molecule has 0 radical (unpaired) electrons. The predicted molar refractivity (Wildman–Crippen MR) is 82.6 cm³/mol. The highest BCUT2D eigenvalue weighted by Crippen LogP contribution is 2.41. The lowest BCUT2D eigenvalue weighted by Crippen LogP contribution is -2.16. The van der Waals surface area contributed by atoms with Crippen LogP contribution in [-0.2, 0) is 0 Å². The first-order valence-electron chi connectivity index (χ1n) is 6.56. The molecule has 1 unspecified atom stereocenters. The van der Waals surface area contributed by atoms with Crippen molar-refractivity contribution in [2.45, 2.75) is 13.0 Å². The predicted octanol–water partition coefficient (Wildman–Crippen LogP) is 2.59. The second kappa shape index (κ2) is 5.54. The number of aromatic nitrogens is 1. The quantitative estimate of drug-likeness (QED) is 0.870. The highest BCUT2D eigenvalue weighted by Gasteiger charge is 2.22. The number of nitrogens with zero attached hydrogens (tertiary/aromatic N) is 1. The molecule has 3 N–H and O–H groups in total. The van der Waals surface area contributed by atoms with Gasteiger partial charge in [-0.15, -0.1) is 0 Å². The molecule has 0 amide bonds. The van der Waals surface area contributed by atoms with Crippen molar-refractivity contribution in [1.82, 2.24) is 4.98 Å². The van der Waals surface area contributed by atoms with Gasteiger partial charge in [-0.05, 0) is 52.2 Å². The number of anilines is 1. The minimum Gasteiger partial charge on any atom is -0.486 e. The Bertz CT molecular complexity index is 671. The first-order chi connectivity index (χ1) is 10.1. The standard InChI is InChI=1S/C15H15BrN2O3/c1-8-2-3-18-15(17)12(8)13(19)9-6-10(16)14-11(7-9)20-4-5-21-14/h2-3,6-7,13,19H,4-5H2,1H3,(H2,17,18). The number of aliphatic hydroxyl groups is 1. The van der Waals surface area contributed by atoms with E-state index in [0.29, 0.717) is 41.7 Å². The van der Waals surface area contributed by atoms with Crippen LogP contribution in [0.15, 0.2) is 28.9 Å². The van der Waals surface area contributed by atoms with Crippen molar-refractivity contribution >= 4 is 21.7 Å². The summed E-state index contributed by atoms with van der Waals surface area (Å²) in [5.74, 6) is 1.60. The summed E-state index contributed by atoms with van der Waals surface area (Å²) >= 11 is 3.45. The van der Waals surface area contributed by atoms with Gasteiger partial charge in [-0.25, -0.2) is 4.98 Å². The number of hydrogen-bond donors (Lipinski definition) is 2.